The van der Waals surface area contributed by atoms with E-state index in [4.69, 9.17) is 4.74 Å². The van der Waals surface area contributed by atoms with E-state index in [1.807, 2.05) is 30.3 Å². The molecule has 0 aliphatic carbocycles. The van der Waals surface area contributed by atoms with E-state index in [1.165, 1.54) is 11.1 Å². The number of ether oxygens (including phenoxy) is 1. The van der Waals surface area contributed by atoms with Crippen molar-refractivity contribution in [3.05, 3.63) is 65.7 Å². The summed E-state index contributed by atoms with van der Waals surface area (Å²) in [4.78, 5) is 0. The number of halogens is 1. The van der Waals surface area contributed by atoms with E-state index < -0.39 is 0 Å². The van der Waals surface area contributed by atoms with Gasteiger partial charge in [0.05, 0.1) is 0 Å². The Bertz CT molecular complexity index is 428. The quantitative estimate of drug-likeness (QED) is 0.758. The minimum absolute atomic E-state index is 0. The second kappa shape index (κ2) is 7.32. The SMILES string of the molecule is Cl.PCc1ccc(OCc2ccccc2)cc1. The molecular formula is C14H16ClOP. The van der Waals surface area contributed by atoms with Crippen molar-refractivity contribution in [3.63, 3.8) is 0 Å². The van der Waals surface area contributed by atoms with Gasteiger partial charge in [-0.15, -0.1) is 21.6 Å². The molecule has 17 heavy (non-hydrogen) atoms. The van der Waals surface area contributed by atoms with Crippen LogP contribution in [0.3, 0.4) is 0 Å². The number of hydrogen-bond donors (Lipinski definition) is 0. The normalized spacial score (nSPS) is 9.47. The lowest BCUT2D eigenvalue weighted by Gasteiger charge is -2.06. The van der Waals surface area contributed by atoms with E-state index in [-0.39, 0.29) is 12.4 Å². The fourth-order valence-electron chi connectivity index (χ4n) is 1.46. The molecule has 1 nitrogen and oxygen atoms in total. The van der Waals surface area contributed by atoms with Gasteiger partial charge < -0.3 is 4.74 Å². The Morgan fingerprint density at radius 3 is 2.06 bits per heavy atom. The number of benzene rings is 2. The highest BCUT2D eigenvalue weighted by molar-refractivity contribution is 7.15. The van der Waals surface area contributed by atoms with E-state index in [0.29, 0.717) is 6.61 Å². The fourth-order valence-corrected chi connectivity index (χ4v) is 1.73. The molecule has 0 bridgehead atoms. The molecule has 2 aromatic carbocycles. The van der Waals surface area contributed by atoms with Gasteiger partial charge in [-0.1, -0.05) is 42.5 Å². The third-order valence-electron chi connectivity index (χ3n) is 2.41. The van der Waals surface area contributed by atoms with Gasteiger partial charge in [0.1, 0.15) is 12.4 Å². The molecule has 1 unspecified atom stereocenters. The van der Waals surface area contributed by atoms with Gasteiger partial charge in [0.15, 0.2) is 0 Å². The molecule has 3 heteroatoms. The predicted octanol–water partition coefficient (Wildman–Crippen LogP) is 4.06. The first-order valence-electron chi connectivity index (χ1n) is 5.34. The van der Waals surface area contributed by atoms with Gasteiger partial charge in [-0.05, 0) is 29.4 Å². The molecule has 90 valence electrons. The summed E-state index contributed by atoms with van der Waals surface area (Å²) in [7, 11) is 2.71. The fraction of sp³-hybridized carbons (Fsp3) is 0.143. The molecule has 0 amide bonds. The Hall–Kier alpha value is -1.04. The zero-order chi connectivity index (χ0) is 11.2. The van der Waals surface area contributed by atoms with Crippen molar-refractivity contribution in [1.29, 1.82) is 0 Å². The van der Waals surface area contributed by atoms with Gasteiger partial charge >= 0.3 is 0 Å². The highest BCUT2D eigenvalue weighted by atomic mass is 35.5. The van der Waals surface area contributed by atoms with Crippen molar-refractivity contribution in [2.45, 2.75) is 12.8 Å². The van der Waals surface area contributed by atoms with Crippen molar-refractivity contribution in [1.82, 2.24) is 0 Å². The average molecular weight is 267 g/mol. The summed E-state index contributed by atoms with van der Waals surface area (Å²) in [6.07, 6.45) is 0.985. The van der Waals surface area contributed by atoms with Gasteiger partial charge in [0.25, 0.3) is 0 Å². The first kappa shape index (κ1) is 14.0. The maximum atomic E-state index is 5.68. The van der Waals surface area contributed by atoms with Gasteiger partial charge in [0, 0.05) is 0 Å². The predicted molar refractivity (Wildman–Crippen MR) is 77.9 cm³/mol. The number of hydrogen-bond acceptors (Lipinski definition) is 1. The molecule has 0 heterocycles. The van der Waals surface area contributed by atoms with Gasteiger partial charge in [-0.3, -0.25) is 0 Å². The highest BCUT2D eigenvalue weighted by Crippen LogP contribution is 2.15. The number of rotatable bonds is 4. The molecule has 0 fully saturated rings. The van der Waals surface area contributed by atoms with E-state index >= 15 is 0 Å². The van der Waals surface area contributed by atoms with Crippen LogP contribution in [0.4, 0.5) is 0 Å². The average Bonchev–Trinajstić information content (AvgIpc) is 2.38. The third-order valence-corrected chi connectivity index (χ3v) is 2.88. The molecule has 0 radical (unpaired) electrons. The lowest BCUT2D eigenvalue weighted by atomic mass is 10.2. The Morgan fingerprint density at radius 1 is 0.824 bits per heavy atom. The summed E-state index contributed by atoms with van der Waals surface area (Å²) in [5.41, 5.74) is 2.50. The molecular weight excluding hydrogens is 251 g/mol. The molecule has 0 saturated carbocycles. The van der Waals surface area contributed by atoms with Crippen LogP contribution in [0, 0.1) is 0 Å². The molecule has 1 atom stereocenters. The minimum atomic E-state index is 0. The van der Waals surface area contributed by atoms with Crippen LogP contribution in [-0.4, -0.2) is 0 Å². The van der Waals surface area contributed by atoms with Gasteiger partial charge in [0.2, 0.25) is 0 Å². The van der Waals surface area contributed by atoms with Crippen LogP contribution in [0.15, 0.2) is 54.6 Å². The lowest BCUT2D eigenvalue weighted by Crippen LogP contribution is -1.94. The van der Waals surface area contributed by atoms with Crippen LogP contribution in [-0.2, 0) is 12.8 Å². The summed E-state index contributed by atoms with van der Waals surface area (Å²) in [5.74, 6) is 0.922. The molecule has 0 saturated heterocycles. The maximum Gasteiger partial charge on any atom is 0.119 e. The standard InChI is InChI=1S/C14H15OP.ClH/c16-11-13-6-8-14(9-7-13)15-10-12-4-2-1-3-5-12;/h1-9H,10-11,16H2;1H. The Labute approximate surface area is 111 Å². The third kappa shape index (κ3) is 4.38. The van der Waals surface area contributed by atoms with Crippen molar-refractivity contribution >= 4 is 21.6 Å². The zero-order valence-corrected chi connectivity index (χ0v) is 11.5. The monoisotopic (exact) mass is 266 g/mol. The van der Waals surface area contributed by atoms with Crippen molar-refractivity contribution in [2.24, 2.45) is 0 Å². The molecule has 0 aliphatic heterocycles. The smallest absolute Gasteiger partial charge is 0.119 e. The van der Waals surface area contributed by atoms with E-state index in [2.05, 4.69) is 33.5 Å². The second-order valence-electron chi connectivity index (χ2n) is 3.62. The van der Waals surface area contributed by atoms with Crippen LogP contribution in [0.1, 0.15) is 11.1 Å². The maximum absolute atomic E-state index is 5.68. The van der Waals surface area contributed by atoms with Crippen LogP contribution in [0.5, 0.6) is 5.75 Å². The summed E-state index contributed by atoms with van der Waals surface area (Å²) >= 11 is 0. The van der Waals surface area contributed by atoms with Crippen molar-refractivity contribution in [3.8, 4) is 5.75 Å². The molecule has 2 aromatic rings. The molecule has 0 aromatic heterocycles. The lowest BCUT2D eigenvalue weighted by molar-refractivity contribution is 0.306. The first-order valence-corrected chi connectivity index (χ1v) is 6.16. The van der Waals surface area contributed by atoms with Gasteiger partial charge in [-0.25, -0.2) is 0 Å². The van der Waals surface area contributed by atoms with Crippen LogP contribution >= 0.6 is 21.6 Å². The minimum Gasteiger partial charge on any atom is -0.489 e. The van der Waals surface area contributed by atoms with E-state index in [9.17, 15) is 0 Å². The Balaban J connectivity index is 0.00000144. The zero-order valence-electron chi connectivity index (χ0n) is 9.50. The summed E-state index contributed by atoms with van der Waals surface area (Å²) < 4.78 is 5.68. The Kier molecular flexibility index (Phi) is 6.04. The molecule has 0 N–H and O–H groups in total. The molecule has 0 aliphatic rings. The second-order valence-corrected chi connectivity index (χ2v) is 4.03. The summed E-state index contributed by atoms with van der Waals surface area (Å²) in [6, 6.07) is 18.4. The van der Waals surface area contributed by atoms with E-state index in [1.54, 1.807) is 0 Å². The summed E-state index contributed by atoms with van der Waals surface area (Å²) in [6.45, 7) is 0.626. The summed E-state index contributed by atoms with van der Waals surface area (Å²) in [5, 5.41) is 0. The van der Waals surface area contributed by atoms with Crippen molar-refractivity contribution < 1.29 is 4.74 Å². The van der Waals surface area contributed by atoms with Crippen LogP contribution in [0.2, 0.25) is 0 Å². The first-order chi connectivity index (χ1) is 7.88. The Morgan fingerprint density at radius 2 is 1.47 bits per heavy atom. The van der Waals surface area contributed by atoms with E-state index in [0.717, 1.165) is 11.9 Å². The van der Waals surface area contributed by atoms with Crippen LogP contribution in [0.25, 0.3) is 0 Å². The van der Waals surface area contributed by atoms with Gasteiger partial charge in [-0.2, -0.15) is 0 Å². The highest BCUT2D eigenvalue weighted by Gasteiger charge is 1.95. The van der Waals surface area contributed by atoms with Crippen molar-refractivity contribution in [2.75, 3.05) is 0 Å². The van der Waals surface area contributed by atoms with Crippen LogP contribution < -0.4 is 4.74 Å². The molecule has 2 rings (SSSR count). The molecule has 0 spiro atoms. The topological polar surface area (TPSA) is 9.23 Å². The largest absolute Gasteiger partial charge is 0.489 e.